The molecule has 0 saturated carbocycles. The highest BCUT2D eigenvalue weighted by molar-refractivity contribution is 6.31. The zero-order valence-corrected chi connectivity index (χ0v) is 11.4. The fourth-order valence-electron chi connectivity index (χ4n) is 1.24. The Morgan fingerprint density at radius 2 is 2.11 bits per heavy atom. The lowest BCUT2D eigenvalue weighted by Gasteiger charge is -2.20. The molecule has 0 aliphatic rings. The lowest BCUT2D eigenvalue weighted by molar-refractivity contribution is -0.115. The van der Waals surface area contributed by atoms with E-state index in [9.17, 15) is 4.79 Å². The van der Waals surface area contributed by atoms with Crippen molar-refractivity contribution in [3.05, 3.63) is 28.8 Å². The van der Waals surface area contributed by atoms with Crippen molar-refractivity contribution in [1.29, 1.82) is 5.26 Å². The van der Waals surface area contributed by atoms with E-state index < -0.39 is 0 Å². The van der Waals surface area contributed by atoms with Crippen LogP contribution in [-0.2, 0) is 4.79 Å². The topological polar surface area (TPSA) is 64.9 Å². The van der Waals surface area contributed by atoms with E-state index in [1.165, 1.54) is 0 Å². The number of carbonyl (C=O) groups is 1. The first-order chi connectivity index (χ1) is 8.31. The number of amides is 1. The Kier molecular flexibility index (Phi) is 4.71. The average molecular weight is 266 g/mol. The highest BCUT2D eigenvalue weighted by atomic mass is 35.5. The van der Waals surface area contributed by atoms with Gasteiger partial charge in [-0.1, -0.05) is 11.6 Å². The van der Waals surface area contributed by atoms with Crippen molar-refractivity contribution in [2.45, 2.75) is 26.3 Å². The smallest absolute Gasteiger partial charge is 0.238 e. The van der Waals surface area contributed by atoms with Gasteiger partial charge in [0.1, 0.15) is 6.07 Å². The Hall–Kier alpha value is -1.57. The van der Waals surface area contributed by atoms with Crippen LogP contribution in [0.15, 0.2) is 18.2 Å². The first-order valence-electron chi connectivity index (χ1n) is 5.56. The maximum Gasteiger partial charge on any atom is 0.238 e. The van der Waals surface area contributed by atoms with Crippen LogP contribution in [0.5, 0.6) is 0 Å². The summed E-state index contributed by atoms with van der Waals surface area (Å²) in [6, 6.07) is 6.77. The molecule has 0 spiro atoms. The van der Waals surface area contributed by atoms with E-state index >= 15 is 0 Å². The number of hydrogen-bond acceptors (Lipinski definition) is 3. The molecule has 0 saturated heterocycles. The van der Waals surface area contributed by atoms with Gasteiger partial charge in [-0.15, -0.1) is 0 Å². The van der Waals surface area contributed by atoms with Crippen molar-refractivity contribution in [1.82, 2.24) is 5.32 Å². The van der Waals surface area contributed by atoms with Gasteiger partial charge in [0.2, 0.25) is 5.91 Å². The summed E-state index contributed by atoms with van der Waals surface area (Å²) in [7, 11) is 0. The molecule has 0 aliphatic carbocycles. The average Bonchev–Trinajstić information content (AvgIpc) is 2.28. The molecule has 0 unspecified atom stereocenters. The third-order valence-corrected chi connectivity index (χ3v) is 2.48. The van der Waals surface area contributed by atoms with E-state index in [0.717, 1.165) is 0 Å². The van der Waals surface area contributed by atoms with Gasteiger partial charge in [0.25, 0.3) is 0 Å². The van der Waals surface area contributed by atoms with Crippen molar-refractivity contribution in [2.24, 2.45) is 0 Å². The second-order valence-electron chi connectivity index (χ2n) is 4.96. The van der Waals surface area contributed by atoms with E-state index in [2.05, 4.69) is 10.6 Å². The molecule has 18 heavy (non-hydrogen) atoms. The zero-order valence-electron chi connectivity index (χ0n) is 10.7. The number of carbonyl (C=O) groups excluding carboxylic acids is 1. The van der Waals surface area contributed by atoms with Crippen LogP contribution < -0.4 is 10.6 Å². The van der Waals surface area contributed by atoms with Crippen molar-refractivity contribution in [2.75, 3.05) is 11.9 Å². The second-order valence-corrected chi connectivity index (χ2v) is 5.37. The van der Waals surface area contributed by atoms with Crippen LogP contribution in [-0.4, -0.2) is 18.0 Å². The predicted molar refractivity (Wildman–Crippen MR) is 72.6 cm³/mol. The lowest BCUT2D eigenvalue weighted by atomic mass is 10.1. The zero-order chi connectivity index (χ0) is 13.8. The monoisotopic (exact) mass is 265 g/mol. The summed E-state index contributed by atoms with van der Waals surface area (Å²) in [5.74, 6) is -0.156. The fourth-order valence-corrected chi connectivity index (χ4v) is 1.40. The minimum absolute atomic E-state index is 0.116. The molecule has 96 valence electrons. The third kappa shape index (κ3) is 4.74. The molecule has 1 amide bonds. The number of rotatable bonds is 3. The van der Waals surface area contributed by atoms with Gasteiger partial charge in [0.05, 0.1) is 17.1 Å². The predicted octanol–water partition coefficient (Wildman–Crippen LogP) is 2.54. The molecule has 0 aromatic heterocycles. The number of benzene rings is 1. The van der Waals surface area contributed by atoms with E-state index in [4.69, 9.17) is 16.9 Å². The highest BCUT2D eigenvalue weighted by Gasteiger charge is 2.11. The minimum atomic E-state index is -0.156. The Balaban J connectivity index is 2.63. The van der Waals surface area contributed by atoms with Gasteiger partial charge in [-0.2, -0.15) is 5.26 Å². The molecular formula is C13H16ClN3O. The first kappa shape index (κ1) is 14.5. The fraction of sp³-hybridized carbons (Fsp3) is 0.385. The molecule has 0 atom stereocenters. The Labute approximate surface area is 112 Å². The summed E-state index contributed by atoms with van der Waals surface area (Å²) in [5, 5.41) is 15.0. The van der Waals surface area contributed by atoms with Crippen LogP contribution in [0, 0.1) is 11.3 Å². The van der Waals surface area contributed by atoms with Gasteiger partial charge in [0, 0.05) is 11.2 Å². The van der Waals surface area contributed by atoms with Gasteiger partial charge in [-0.05, 0) is 39.0 Å². The number of anilines is 1. The SMILES string of the molecule is CC(C)(C)NCC(=O)Nc1ccc(Cl)c(C#N)c1. The molecular weight excluding hydrogens is 250 g/mol. The molecule has 1 aromatic carbocycles. The molecule has 0 fully saturated rings. The summed E-state index contributed by atoms with van der Waals surface area (Å²) in [6.45, 7) is 6.16. The largest absolute Gasteiger partial charge is 0.325 e. The molecule has 0 radical (unpaired) electrons. The Morgan fingerprint density at radius 1 is 1.44 bits per heavy atom. The van der Waals surface area contributed by atoms with Crippen LogP contribution in [0.2, 0.25) is 5.02 Å². The normalized spacial score (nSPS) is 10.8. The quantitative estimate of drug-likeness (QED) is 0.883. The molecule has 2 N–H and O–H groups in total. The van der Waals surface area contributed by atoms with Crippen LogP contribution in [0.3, 0.4) is 0 Å². The van der Waals surface area contributed by atoms with E-state index in [0.29, 0.717) is 16.3 Å². The van der Waals surface area contributed by atoms with Gasteiger partial charge in [-0.25, -0.2) is 0 Å². The summed E-state index contributed by atoms with van der Waals surface area (Å²) in [6.07, 6.45) is 0. The Morgan fingerprint density at radius 3 is 2.67 bits per heavy atom. The number of nitrogens with one attached hydrogen (secondary N) is 2. The van der Waals surface area contributed by atoms with Gasteiger partial charge < -0.3 is 10.6 Å². The molecule has 0 bridgehead atoms. The third-order valence-electron chi connectivity index (χ3n) is 2.15. The van der Waals surface area contributed by atoms with Crippen LogP contribution >= 0.6 is 11.6 Å². The number of nitriles is 1. The van der Waals surface area contributed by atoms with Gasteiger partial charge in [0.15, 0.2) is 0 Å². The molecule has 5 heteroatoms. The minimum Gasteiger partial charge on any atom is -0.325 e. The molecule has 1 aromatic rings. The van der Waals surface area contributed by atoms with Crippen molar-refractivity contribution in [3.8, 4) is 6.07 Å². The summed E-state index contributed by atoms with van der Waals surface area (Å²) in [5.41, 5.74) is 0.796. The van der Waals surface area contributed by atoms with E-state index in [1.54, 1.807) is 18.2 Å². The van der Waals surface area contributed by atoms with Crippen molar-refractivity contribution < 1.29 is 4.79 Å². The molecule has 4 nitrogen and oxygen atoms in total. The molecule has 0 aliphatic heterocycles. The number of halogens is 1. The highest BCUT2D eigenvalue weighted by Crippen LogP contribution is 2.19. The molecule has 0 heterocycles. The van der Waals surface area contributed by atoms with Crippen LogP contribution in [0.1, 0.15) is 26.3 Å². The van der Waals surface area contributed by atoms with Crippen molar-refractivity contribution in [3.63, 3.8) is 0 Å². The van der Waals surface area contributed by atoms with E-state index in [-0.39, 0.29) is 18.0 Å². The van der Waals surface area contributed by atoms with E-state index in [1.807, 2.05) is 26.8 Å². The maximum absolute atomic E-state index is 11.7. The second kappa shape index (κ2) is 5.85. The Bertz CT molecular complexity index is 486. The maximum atomic E-state index is 11.7. The summed E-state index contributed by atoms with van der Waals surface area (Å²) in [4.78, 5) is 11.7. The summed E-state index contributed by atoms with van der Waals surface area (Å²) < 4.78 is 0. The first-order valence-corrected chi connectivity index (χ1v) is 5.94. The van der Waals surface area contributed by atoms with Crippen molar-refractivity contribution >= 4 is 23.2 Å². The van der Waals surface area contributed by atoms with Gasteiger partial charge >= 0.3 is 0 Å². The number of hydrogen-bond donors (Lipinski definition) is 2. The molecule has 1 rings (SSSR count). The van der Waals surface area contributed by atoms with Crippen LogP contribution in [0.4, 0.5) is 5.69 Å². The standard InChI is InChI=1S/C13H16ClN3O/c1-13(2,3)16-8-12(18)17-10-4-5-11(14)9(6-10)7-15/h4-6,16H,8H2,1-3H3,(H,17,18). The van der Waals surface area contributed by atoms with Crippen LogP contribution in [0.25, 0.3) is 0 Å². The summed E-state index contributed by atoms with van der Waals surface area (Å²) >= 11 is 5.81. The van der Waals surface area contributed by atoms with Gasteiger partial charge in [-0.3, -0.25) is 4.79 Å². The number of nitrogens with zero attached hydrogens (tertiary/aromatic N) is 1. The lowest BCUT2D eigenvalue weighted by Crippen LogP contribution is -2.41.